The zero-order valence-corrected chi connectivity index (χ0v) is 10.3. The van der Waals surface area contributed by atoms with Gasteiger partial charge < -0.3 is 10.1 Å². The Kier molecular flexibility index (Phi) is 4.13. The van der Waals surface area contributed by atoms with Crippen molar-refractivity contribution in [3.63, 3.8) is 0 Å². The van der Waals surface area contributed by atoms with Gasteiger partial charge >= 0.3 is 0 Å². The van der Waals surface area contributed by atoms with Gasteiger partial charge in [0, 0.05) is 12.1 Å². The van der Waals surface area contributed by atoms with Crippen LogP contribution in [0.15, 0.2) is 24.3 Å². The molecule has 0 atom stereocenters. The molecule has 0 radical (unpaired) electrons. The van der Waals surface area contributed by atoms with Crippen molar-refractivity contribution in [3.8, 4) is 0 Å². The maximum absolute atomic E-state index is 13.5. The zero-order chi connectivity index (χ0) is 12.1. The second-order valence-corrected chi connectivity index (χ2v) is 4.80. The molecule has 2 rings (SSSR count). The van der Waals surface area contributed by atoms with Crippen molar-refractivity contribution >= 4 is 0 Å². The molecule has 1 saturated carbocycles. The van der Waals surface area contributed by atoms with E-state index in [1.807, 2.05) is 13.1 Å². The number of hydrogen-bond acceptors (Lipinski definition) is 2. The first-order valence-corrected chi connectivity index (χ1v) is 6.28. The van der Waals surface area contributed by atoms with Gasteiger partial charge in [-0.15, -0.1) is 0 Å². The lowest BCUT2D eigenvalue weighted by molar-refractivity contribution is -0.0502. The van der Waals surface area contributed by atoms with Gasteiger partial charge in [0.1, 0.15) is 5.82 Å². The van der Waals surface area contributed by atoms with E-state index in [0.717, 1.165) is 19.4 Å². The fraction of sp³-hybridized carbons (Fsp3) is 0.571. The summed E-state index contributed by atoms with van der Waals surface area (Å²) < 4.78 is 19.5. The van der Waals surface area contributed by atoms with Gasteiger partial charge in [0.25, 0.3) is 0 Å². The first-order valence-electron chi connectivity index (χ1n) is 6.28. The first kappa shape index (κ1) is 12.5. The molecule has 1 aliphatic carbocycles. The molecule has 1 aromatic rings. The fourth-order valence-electron chi connectivity index (χ4n) is 2.56. The maximum Gasteiger partial charge on any atom is 0.128 e. The third-order valence-corrected chi connectivity index (χ3v) is 3.51. The summed E-state index contributed by atoms with van der Waals surface area (Å²) in [5.41, 5.74) is 0.562. The summed E-state index contributed by atoms with van der Waals surface area (Å²) in [5, 5.41) is 3.18. The quantitative estimate of drug-likeness (QED) is 0.850. The predicted molar refractivity (Wildman–Crippen MR) is 66.3 cm³/mol. The van der Waals surface area contributed by atoms with E-state index in [-0.39, 0.29) is 11.4 Å². The van der Waals surface area contributed by atoms with Crippen molar-refractivity contribution in [2.24, 2.45) is 0 Å². The minimum absolute atomic E-state index is 0.0863. The van der Waals surface area contributed by atoms with Crippen molar-refractivity contribution in [3.05, 3.63) is 35.6 Å². The van der Waals surface area contributed by atoms with Gasteiger partial charge in [0.2, 0.25) is 0 Å². The molecule has 0 heterocycles. The van der Waals surface area contributed by atoms with Crippen LogP contribution in [0, 0.1) is 5.82 Å². The van der Waals surface area contributed by atoms with E-state index in [0.29, 0.717) is 12.2 Å². The van der Waals surface area contributed by atoms with E-state index in [1.165, 1.54) is 18.9 Å². The number of rotatable bonds is 5. The molecule has 2 nitrogen and oxygen atoms in total. The van der Waals surface area contributed by atoms with Crippen LogP contribution in [0.2, 0.25) is 0 Å². The molecule has 3 heteroatoms. The monoisotopic (exact) mass is 237 g/mol. The molecule has 0 amide bonds. The highest BCUT2D eigenvalue weighted by Crippen LogP contribution is 2.33. The molecule has 0 spiro atoms. The molecule has 1 aromatic carbocycles. The van der Waals surface area contributed by atoms with Gasteiger partial charge in [-0.1, -0.05) is 31.0 Å². The van der Waals surface area contributed by atoms with Gasteiger partial charge in [-0.05, 0) is 26.0 Å². The Morgan fingerprint density at radius 1 is 1.29 bits per heavy atom. The van der Waals surface area contributed by atoms with E-state index in [1.54, 1.807) is 12.1 Å². The Morgan fingerprint density at radius 3 is 2.65 bits per heavy atom. The van der Waals surface area contributed by atoms with Gasteiger partial charge in [-0.25, -0.2) is 4.39 Å². The number of halogens is 1. The van der Waals surface area contributed by atoms with Gasteiger partial charge in [-0.3, -0.25) is 0 Å². The second kappa shape index (κ2) is 5.61. The summed E-state index contributed by atoms with van der Waals surface area (Å²) in [5.74, 6) is -0.176. The van der Waals surface area contributed by atoms with E-state index >= 15 is 0 Å². The van der Waals surface area contributed by atoms with Crippen molar-refractivity contribution in [2.45, 2.75) is 37.9 Å². The van der Waals surface area contributed by atoms with Crippen LogP contribution in [0.1, 0.15) is 31.2 Å². The number of likely N-dealkylation sites (N-methyl/N-ethyl adjacent to an activating group) is 1. The van der Waals surface area contributed by atoms with Crippen LogP contribution in [0.25, 0.3) is 0 Å². The highest BCUT2D eigenvalue weighted by molar-refractivity contribution is 5.16. The number of benzene rings is 1. The molecular formula is C14H20FNO. The third kappa shape index (κ3) is 3.05. The lowest BCUT2D eigenvalue weighted by Crippen LogP contribution is -2.39. The number of nitrogens with one attached hydrogen (secondary N) is 1. The SMILES string of the molecule is CNCC1(OCc2ccccc2F)CCCC1. The molecule has 0 aliphatic heterocycles. The van der Waals surface area contributed by atoms with Crippen LogP contribution < -0.4 is 5.32 Å². The third-order valence-electron chi connectivity index (χ3n) is 3.51. The zero-order valence-electron chi connectivity index (χ0n) is 10.3. The largest absolute Gasteiger partial charge is 0.369 e. The van der Waals surface area contributed by atoms with Crippen molar-refractivity contribution in [1.29, 1.82) is 0 Å². The summed E-state index contributed by atoms with van der Waals surface area (Å²) in [7, 11) is 1.94. The van der Waals surface area contributed by atoms with E-state index in [9.17, 15) is 4.39 Å². The highest BCUT2D eigenvalue weighted by Gasteiger charge is 2.34. The van der Waals surface area contributed by atoms with Crippen LogP contribution in [-0.4, -0.2) is 19.2 Å². The minimum Gasteiger partial charge on any atom is -0.369 e. The topological polar surface area (TPSA) is 21.3 Å². The second-order valence-electron chi connectivity index (χ2n) is 4.80. The molecule has 1 aliphatic rings. The normalized spacial score (nSPS) is 18.5. The maximum atomic E-state index is 13.5. The van der Waals surface area contributed by atoms with Crippen molar-refractivity contribution in [1.82, 2.24) is 5.32 Å². The van der Waals surface area contributed by atoms with Crippen molar-refractivity contribution in [2.75, 3.05) is 13.6 Å². The fourth-order valence-corrected chi connectivity index (χ4v) is 2.56. The van der Waals surface area contributed by atoms with Crippen LogP contribution >= 0.6 is 0 Å². The standard InChI is InChI=1S/C14H20FNO/c1-16-11-14(8-4-5-9-14)17-10-12-6-2-3-7-13(12)15/h2-3,6-7,16H,4-5,8-11H2,1H3. The lowest BCUT2D eigenvalue weighted by atomic mass is 10.0. The lowest BCUT2D eigenvalue weighted by Gasteiger charge is -2.29. The smallest absolute Gasteiger partial charge is 0.128 e. The Morgan fingerprint density at radius 2 is 2.00 bits per heavy atom. The Labute approximate surface area is 102 Å². The molecule has 0 aromatic heterocycles. The first-order chi connectivity index (χ1) is 8.26. The van der Waals surface area contributed by atoms with Gasteiger partial charge in [0.15, 0.2) is 0 Å². The summed E-state index contributed by atoms with van der Waals surface area (Å²) in [6.07, 6.45) is 4.56. The molecule has 0 bridgehead atoms. The molecule has 17 heavy (non-hydrogen) atoms. The number of hydrogen-bond donors (Lipinski definition) is 1. The van der Waals surface area contributed by atoms with Crippen LogP contribution in [0.3, 0.4) is 0 Å². The molecule has 1 fully saturated rings. The summed E-state index contributed by atoms with van der Waals surface area (Å²) in [6, 6.07) is 6.83. The molecular weight excluding hydrogens is 217 g/mol. The Balaban J connectivity index is 1.98. The Bertz CT molecular complexity index is 361. The molecule has 0 unspecified atom stereocenters. The van der Waals surface area contributed by atoms with Crippen LogP contribution in [0.5, 0.6) is 0 Å². The molecule has 1 N–H and O–H groups in total. The number of ether oxygens (including phenoxy) is 1. The minimum atomic E-state index is -0.176. The van der Waals surface area contributed by atoms with E-state index in [4.69, 9.17) is 4.74 Å². The van der Waals surface area contributed by atoms with E-state index in [2.05, 4.69) is 5.32 Å². The summed E-state index contributed by atoms with van der Waals surface area (Å²) in [6.45, 7) is 1.22. The average Bonchev–Trinajstić information content (AvgIpc) is 2.78. The Hall–Kier alpha value is -0.930. The van der Waals surface area contributed by atoms with Crippen LogP contribution in [0.4, 0.5) is 4.39 Å². The summed E-state index contributed by atoms with van der Waals surface area (Å²) in [4.78, 5) is 0. The van der Waals surface area contributed by atoms with E-state index < -0.39 is 0 Å². The van der Waals surface area contributed by atoms with Crippen molar-refractivity contribution < 1.29 is 9.13 Å². The molecule has 0 saturated heterocycles. The average molecular weight is 237 g/mol. The summed E-state index contributed by atoms with van der Waals surface area (Å²) >= 11 is 0. The molecule has 94 valence electrons. The van der Waals surface area contributed by atoms with Crippen LogP contribution in [-0.2, 0) is 11.3 Å². The van der Waals surface area contributed by atoms with Gasteiger partial charge in [0.05, 0.1) is 12.2 Å². The highest BCUT2D eigenvalue weighted by atomic mass is 19.1. The predicted octanol–water partition coefficient (Wildman–Crippen LogP) is 2.87. The van der Waals surface area contributed by atoms with Gasteiger partial charge in [-0.2, -0.15) is 0 Å².